The molecule has 3 rings (SSSR count). The number of anilines is 1. The SMILES string of the molecule is CO/C(=C(/C=C(C)F)C(=O)Nc1ccc(Cc2c[nH]c3ncc(C)cc23)c(F)n1)N(C)C. The molecule has 0 aliphatic heterocycles. The molecule has 7 nitrogen and oxygen atoms in total. The molecule has 0 fully saturated rings. The van der Waals surface area contributed by atoms with Gasteiger partial charge in [0.05, 0.1) is 12.9 Å². The lowest BCUT2D eigenvalue weighted by Gasteiger charge is -2.18. The summed E-state index contributed by atoms with van der Waals surface area (Å²) in [6.45, 7) is 3.15. The lowest BCUT2D eigenvalue weighted by atomic mass is 10.1. The maximum atomic E-state index is 14.7. The van der Waals surface area contributed by atoms with Crippen LogP contribution in [0.2, 0.25) is 0 Å². The summed E-state index contributed by atoms with van der Waals surface area (Å²) in [5, 5.41) is 3.42. The summed E-state index contributed by atoms with van der Waals surface area (Å²) in [4.78, 5) is 25.5. The Hall–Kier alpha value is -3.75. The van der Waals surface area contributed by atoms with Crippen LogP contribution in [0.15, 0.2) is 54.0 Å². The molecule has 0 atom stereocenters. The predicted molar refractivity (Wildman–Crippen MR) is 119 cm³/mol. The number of amides is 1. The van der Waals surface area contributed by atoms with Gasteiger partial charge in [-0.3, -0.25) is 4.79 Å². The molecule has 32 heavy (non-hydrogen) atoms. The molecule has 3 aromatic heterocycles. The van der Waals surface area contributed by atoms with Gasteiger partial charge in [0.25, 0.3) is 5.91 Å². The second-order valence-corrected chi connectivity index (χ2v) is 7.55. The van der Waals surface area contributed by atoms with Crippen LogP contribution in [0.3, 0.4) is 0 Å². The molecule has 0 radical (unpaired) electrons. The van der Waals surface area contributed by atoms with Crippen molar-refractivity contribution in [2.75, 3.05) is 26.5 Å². The Bertz CT molecular complexity index is 1210. The van der Waals surface area contributed by atoms with Crippen LogP contribution in [0.25, 0.3) is 11.0 Å². The van der Waals surface area contributed by atoms with E-state index in [9.17, 15) is 13.6 Å². The maximum absolute atomic E-state index is 14.7. The van der Waals surface area contributed by atoms with Crippen LogP contribution in [0.1, 0.15) is 23.6 Å². The van der Waals surface area contributed by atoms with Crippen molar-refractivity contribution in [1.82, 2.24) is 19.9 Å². The molecule has 0 saturated carbocycles. The summed E-state index contributed by atoms with van der Waals surface area (Å²) in [7, 11) is 4.68. The predicted octanol–water partition coefficient (Wildman–Crippen LogP) is 4.23. The number of nitrogens with zero attached hydrogens (tertiary/aromatic N) is 3. The van der Waals surface area contributed by atoms with Gasteiger partial charge < -0.3 is 19.9 Å². The van der Waals surface area contributed by atoms with Gasteiger partial charge in [0.15, 0.2) is 0 Å². The summed E-state index contributed by atoms with van der Waals surface area (Å²) < 4.78 is 33.5. The molecule has 0 unspecified atom stereocenters. The summed E-state index contributed by atoms with van der Waals surface area (Å²) in [5.41, 5.74) is 2.94. The van der Waals surface area contributed by atoms with Crippen molar-refractivity contribution in [3.05, 3.63) is 76.6 Å². The van der Waals surface area contributed by atoms with Crippen LogP contribution in [-0.2, 0) is 16.0 Å². The van der Waals surface area contributed by atoms with Gasteiger partial charge in [0.2, 0.25) is 11.8 Å². The van der Waals surface area contributed by atoms with Crippen LogP contribution in [0.4, 0.5) is 14.6 Å². The summed E-state index contributed by atoms with van der Waals surface area (Å²) in [6, 6.07) is 5.05. The molecule has 9 heteroatoms. The van der Waals surface area contributed by atoms with Crippen molar-refractivity contribution in [1.29, 1.82) is 0 Å². The van der Waals surface area contributed by atoms with Crippen LogP contribution < -0.4 is 5.32 Å². The highest BCUT2D eigenvalue weighted by Crippen LogP contribution is 2.23. The Morgan fingerprint density at radius 3 is 2.69 bits per heavy atom. The minimum Gasteiger partial charge on any atom is -0.482 e. The molecule has 3 heterocycles. The molecule has 168 valence electrons. The number of hydrogen-bond acceptors (Lipinski definition) is 5. The molecule has 0 bridgehead atoms. The quantitative estimate of drug-likeness (QED) is 0.248. The van der Waals surface area contributed by atoms with E-state index in [2.05, 4.69) is 20.3 Å². The average molecular weight is 441 g/mol. The van der Waals surface area contributed by atoms with Gasteiger partial charge in [0, 0.05) is 43.9 Å². The number of pyridine rings is 2. The van der Waals surface area contributed by atoms with Crippen LogP contribution in [0.5, 0.6) is 0 Å². The number of fused-ring (bicyclic) bond motifs is 1. The summed E-state index contributed by atoms with van der Waals surface area (Å²) in [5.74, 6) is -1.81. The number of halogens is 2. The van der Waals surface area contributed by atoms with Crippen molar-refractivity contribution < 1.29 is 18.3 Å². The maximum Gasteiger partial charge on any atom is 0.262 e. The normalized spacial score (nSPS) is 12.5. The number of allylic oxidation sites excluding steroid dienone is 1. The highest BCUT2D eigenvalue weighted by molar-refractivity contribution is 6.05. The van der Waals surface area contributed by atoms with E-state index in [1.54, 1.807) is 32.6 Å². The van der Waals surface area contributed by atoms with E-state index in [-0.39, 0.29) is 17.3 Å². The van der Waals surface area contributed by atoms with Gasteiger partial charge in [-0.15, -0.1) is 0 Å². The monoisotopic (exact) mass is 441 g/mol. The number of methoxy groups -OCH3 is 1. The molecule has 0 aliphatic rings. The van der Waals surface area contributed by atoms with Gasteiger partial charge in [-0.2, -0.15) is 4.39 Å². The molecular formula is C23H25F2N5O2. The average Bonchev–Trinajstić information content (AvgIpc) is 3.11. The Labute approximate surface area is 184 Å². The molecule has 0 spiro atoms. The topological polar surface area (TPSA) is 83.1 Å². The first kappa shape index (κ1) is 22.9. The van der Waals surface area contributed by atoms with Crippen LogP contribution in [0, 0.1) is 12.9 Å². The molecule has 0 aromatic carbocycles. The third-order valence-corrected chi connectivity index (χ3v) is 4.72. The molecule has 2 N–H and O–H groups in total. The van der Waals surface area contributed by atoms with E-state index in [0.29, 0.717) is 12.0 Å². The molecular weight excluding hydrogens is 416 g/mol. The van der Waals surface area contributed by atoms with E-state index in [4.69, 9.17) is 4.74 Å². The highest BCUT2D eigenvalue weighted by Gasteiger charge is 2.18. The number of aromatic nitrogens is 3. The first-order valence-corrected chi connectivity index (χ1v) is 9.88. The largest absolute Gasteiger partial charge is 0.482 e. The number of nitrogens with one attached hydrogen (secondary N) is 2. The lowest BCUT2D eigenvalue weighted by Crippen LogP contribution is -2.23. The zero-order valence-corrected chi connectivity index (χ0v) is 18.6. The second-order valence-electron chi connectivity index (χ2n) is 7.55. The van der Waals surface area contributed by atoms with E-state index in [1.165, 1.54) is 25.0 Å². The van der Waals surface area contributed by atoms with Crippen molar-refractivity contribution in [2.45, 2.75) is 20.3 Å². The third-order valence-electron chi connectivity index (χ3n) is 4.72. The fraction of sp³-hybridized carbons (Fsp3) is 0.261. The highest BCUT2D eigenvalue weighted by atomic mass is 19.1. The number of carbonyl (C=O) groups is 1. The number of aryl methyl sites for hydroxylation is 1. The second kappa shape index (κ2) is 9.59. The zero-order valence-electron chi connectivity index (χ0n) is 18.6. The smallest absolute Gasteiger partial charge is 0.262 e. The number of ether oxygens (including phenoxy) is 1. The van der Waals surface area contributed by atoms with Gasteiger partial charge in [0.1, 0.15) is 17.0 Å². The van der Waals surface area contributed by atoms with Crippen LogP contribution >= 0.6 is 0 Å². The van der Waals surface area contributed by atoms with E-state index in [1.807, 2.05) is 13.0 Å². The first-order valence-electron chi connectivity index (χ1n) is 9.88. The van der Waals surface area contributed by atoms with E-state index in [0.717, 1.165) is 28.2 Å². The fourth-order valence-corrected chi connectivity index (χ4v) is 3.32. The molecule has 3 aromatic rings. The molecule has 1 amide bonds. The Balaban J connectivity index is 1.85. The van der Waals surface area contributed by atoms with Gasteiger partial charge in [-0.25, -0.2) is 14.4 Å². The Morgan fingerprint density at radius 1 is 1.31 bits per heavy atom. The zero-order chi connectivity index (χ0) is 23.4. The van der Waals surface area contributed by atoms with Gasteiger partial charge >= 0.3 is 0 Å². The van der Waals surface area contributed by atoms with Crippen molar-refractivity contribution in [3.8, 4) is 0 Å². The summed E-state index contributed by atoms with van der Waals surface area (Å²) in [6.07, 6.45) is 4.91. The fourth-order valence-electron chi connectivity index (χ4n) is 3.32. The van der Waals surface area contributed by atoms with Gasteiger partial charge in [-0.1, -0.05) is 6.07 Å². The Kier molecular flexibility index (Phi) is 6.87. The van der Waals surface area contributed by atoms with Crippen LogP contribution in [-0.4, -0.2) is 47.0 Å². The number of hydrogen-bond donors (Lipinski definition) is 2. The van der Waals surface area contributed by atoms with E-state index < -0.39 is 17.7 Å². The minimum absolute atomic E-state index is 0.00399. The number of H-pyrrole nitrogens is 1. The number of carbonyl (C=O) groups excluding carboxylic acids is 1. The van der Waals surface area contributed by atoms with E-state index >= 15 is 0 Å². The molecule has 0 saturated heterocycles. The first-order chi connectivity index (χ1) is 15.2. The van der Waals surface area contributed by atoms with Crippen molar-refractivity contribution >= 4 is 22.8 Å². The number of aromatic amines is 1. The standard InChI is InChI=1S/C23H25F2N5O2/c1-13-8-17-16(12-27-21(17)26-11-13)10-15-6-7-19(28-20(15)25)29-22(31)18(9-14(2)24)23(32-5)30(3)4/h6-9,11-12H,10H2,1-5H3,(H,26,27)(H,28,29,31)/b14-9?,23-18-. The van der Waals surface area contributed by atoms with Crippen molar-refractivity contribution in [2.24, 2.45) is 0 Å². The van der Waals surface area contributed by atoms with Gasteiger partial charge in [-0.05, 0) is 43.2 Å². The number of rotatable bonds is 7. The van der Waals surface area contributed by atoms with Crippen molar-refractivity contribution in [3.63, 3.8) is 0 Å². The molecule has 0 aliphatic carbocycles. The third kappa shape index (κ3) is 5.11. The minimum atomic E-state index is -0.708. The Morgan fingerprint density at radius 2 is 2.06 bits per heavy atom. The summed E-state index contributed by atoms with van der Waals surface area (Å²) >= 11 is 0. The lowest BCUT2D eigenvalue weighted by molar-refractivity contribution is -0.113.